The smallest absolute Gasteiger partial charge is 0.119 e. The Kier molecular flexibility index (Phi) is 4.19. The van der Waals surface area contributed by atoms with Gasteiger partial charge in [-0.2, -0.15) is 0 Å². The first kappa shape index (κ1) is 12.8. The number of rotatable bonds is 5. The standard InChI is InChI=1S/C13H21NO2/c1-10-9-11(16-4)5-6-12(10)14-8-7-13(2,3)15/h5-6,9,14-15H,7-8H2,1-4H3. The molecule has 0 saturated heterocycles. The number of aryl methyl sites for hydroxylation is 1. The lowest BCUT2D eigenvalue weighted by Crippen LogP contribution is -2.22. The summed E-state index contributed by atoms with van der Waals surface area (Å²) < 4.78 is 5.14. The van der Waals surface area contributed by atoms with E-state index in [0.717, 1.165) is 30.0 Å². The Balaban J connectivity index is 2.55. The van der Waals surface area contributed by atoms with Gasteiger partial charge >= 0.3 is 0 Å². The fourth-order valence-electron chi connectivity index (χ4n) is 1.46. The molecule has 0 radical (unpaired) electrons. The maximum absolute atomic E-state index is 9.59. The summed E-state index contributed by atoms with van der Waals surface area (Å²) in [5.74, 6) is 0.866. The number of hydrogen-bond acceptors (Lipinski definition) is 3. The minimum Gasteiger partial charge on any atom is -0.497 e. The van der Waals surface area contributed by atoms with Crippen LogP contribution in [0.15, 0.2) is 18.2 Å². The van der Waals surface area contributed by atoms with Gasteiger partial charge in [-0.05, 0) is 51.0 Å². The van der Waals surface area contributed by atoms with E-state index in [9.17, 15) is 5.11 Å². The molecule has 0 saturated carbocycles. The molecular weight excluding hydrogens is 202 g/mol. The highest BCUT2D eigenvalue weighted by atomic mass is 16.5. The molecule has 0 aromatic heterocycles. The van der Waals surface area contributed by atoms with E-state index in [2.05, 4.69) is 5.32 Å². The van der Waals surface area contributed by atoms with Crippen molar-refractivity contribution in [3.8, 4) is 5.75 Å². The van der Waals surface area contributed by atoms with Crippen LogP contribution in [0.1, 0.15) is 25.8 Å². The number of nitrogens with one attached hydrogen (secondary N) is 1. The van der Waals surface area contributed by atoms with Gasteiger partial charge in [0, 0.05) is 12.2 Å². The summed E-state index contributed by atoms with van der Waals surface area (Å²) in [5, 5.41) is 12.9. The molecule has 1 rings (SSSR count). The molecule has 0 unspecified atom stereocenters. The Morgan fingerprint density at radius 2 is 2.06 bits per heavy atom. The first-order valence-corrected chi connectivity index (χ1v) is 5.53. The summed E-state index contributed by atoms with van der Waals surface area (Å²) in [4.78, 5) is 0. The highest BCUT2D eigenvalue weighted by Crippen LogP contribution is 2.21. The van der Waals surface area contributed by atoms with Crippen molar-refractivity contribution in [3.05, 3.63) is 23.8 Å². The van der Waals surface area contributed by atoms with Gasteiger partial charge in [0.15, 0.2) is 0 Å². The number of anilines is 1. The van der Waals surface area contributed by atoms with E-state index in [1.165, 1.54) is 0 Å². The van der Waals surface area contributed by atoms with Gasteiger partial charge in [-0.15, -0.1) is 0 Å². The van der Waals surface area contributed by atoms with E-state index >= 15 is 0 Å². The van der Waals surface area contributed by atoms with E-state index in [4.69, 9.17) is 4.74 Å². The molecule has 0 aliphatic rings. The molecule has 0 amide bonds. The lowest BCUT2D eigenvalue weighted by Gasteiger charge is -2.18. The first-order valence-electron chi connectivity index (χ1n) is 5.53. The van der Waals surface area contributed by atoms with Crippen LogP contribution in [0.2, 0.25) is 0 Å². The van der Waals surface area contributed by atoms with Crippen LogP contribution in [-0.4, -0.2) is 24.4 Å². The van der Waals surface area contributed by atoms with Gasteiger partial charge in [-0.3, -0.25) is 0 Å². The number of hydrogen-bond donors (Lipinski definition) is 2. The second-order valence-electron chi connectivity index (χ2n) is 4.67. The molecule has 0 aliphatic carbocycles. The summed E-state index contributed by atoms with van der Waals surface area (Å²) in [5.41, 5.74) is 1.62. The zero-order valence-electron chi connectivity index (χ0n) is 10.5. The van der Waals surface area contributed by atoms with Crippen LogP contribution < -0.4 is 10.1 Å². The molecule has 0 bridgehead atoms. The van der Waals surface area contributed by atoms with Crippen molar-refractivity contribution >= 4 is 5.69 Å². The highest BCUT2D eigenvalue weighted by molar-refractivity contribution is 5.53. The van der Waals surface area contributed by atoms with E-state index < -0.39 is 5.60 Å². The van der Waals surface area contributed by atoms with Crippen LogP contribution in [-0.2, 0) is 0 Å². The highest BCUT2D eigenvalue weighted by Gasteiger charge is 2.11. The molecule has 3 heteroatoms. The summed E-state index contributed by atoms with van der Waals surface area (Å²) in [6.45, 7) is 6.43. The van der Waals surface area contributed by atoms with Crippen LogP contribution in [0.5, 0.6) is 5.75 Å². The quantitative estimate of drug-likeness (QED) is 0.806. The molecule has 90 valence electrons. The Morgan fingerprint density at radius 1 is 1.38 bits per heavy atom. The normalized spacial score (nSPS) is 11.3. The van der Waals surface area contributed by atoms with E-state index in [1.807, 2.05) is 39.0 Å². The third-order valence-electron chi connectivity index (χ3n) is 2.49. The lowest BCUT2D eigenvalue weighted by atomic mass is 10.1. The molecule has 2 N–H and O–H groups in total. The SMILES string of the molecule is COc1ccc(NCCC(C)(C)O)c(C)c1. The van der Waals surface area contributed by atoms with Gasteiger partial charge in [-0.1, -0.05) is 0 Å². The van der Waals surface area contributed by atoms with Gasteiger partial charge in [0.25, 0.3) is 0 Å². The Morgan fingerprint density at radius 3 is 2.56 bits per heavy atom. The number of ether oxygens (including phenoxy) is 1. The van der Waals surface area contributed by atoms with Gasteiger partial charge in [0.1, 0.15) is 5.75 Å². The molecule has 3 nitrogen and oxygen atoms in total. The van der Waals surface area contributed by atoms with Crippen LogP contribution in [0.4, 0.5) is 5.69 Å². The minimum atomic E-state index is -0.618. The molecule has 0 aliphatic heterocycles. The van der Waals surface area contributed by atoms with Crippen molar-refractivity contribution in [3.63, 3.8) is 0 Å². The topological polar surface area (TPSA) is 41.5 Å². The van der Waals surface area contributed by atoms with E-state index in [-0.39, 0.29) is 0 Å². The van der Waals surface area contributed by atoms with Crippen molar-refractivity contribution in [2.45, 2.75) is 32.8 Å². The molecule has 0 atom stereocenters. The van der Waals surface area contributed by atoms with E-state index in [1.54, 1.807) is 7.11 Å². The van der Waals surface area contributed by atoms with Crippen LogP contribution in [0.25, 0.3) is 0 Å². The predicted octanol–water partition coefficient (Wildman–Crippen LogP) is 2.58. The largest absolute Gasteiger partial charge is 0.497 e. The second kappa shape index (κ2) is 5.21. The lowest BCUT2D eigenvalue weighted by molar-refractivity contribution is 0.0749. The zero-order chi connectivity index (χ0) is 12.2. The van der Waals surface area contributed by atoms with Crippen LogP contribution in [0.3, 0.4) is 0 Å². The minimum absolute atomic E-state index is 0.618. The number of methoxy groups -OCH3 is 1. The van der Waals surface area contributed by atoms with Crippen LogP contribution in [0, 0.1) is 6.92 Å². The second-order valence-corrected chi connectivity index (χ2v) is 4.67. The fraction of sp³-hybridized carbons (Fsp3) is 0.538. The summed E-state index contributed by atoms with van der Waals surface area (Å²) >= 11 is 0. The van der Waals surface area contributed by atoms with Crippen molar-refractivity contribution < 1.29 is 9.84 Å². The van der Waals surface area contributed by atoms with Crippen molar-refractivity contribution in [2.24, 2.45) is 0 Å². The molecule has 0 spiro atoms. The summed E-state index contributed by atoms with van der Waals surface area (Å²) in [6, 6.07) is 5.92. The first-order chi connectivity index (χ1) is 7.42. The van der Waals surface area contributed by atoms with Crippen LogP contribution >= 0.6 is 0 Å². The maximum Gasteiger partial charge on any atom is 0.119 e. The molecule has 16 heavy (non-hydrogen) atoms. The van der Waals surface area contributed by atoms with Gasteiger partial charge in [0.05, 0.1) is 12.7 Å². The van der Waals surface area contributed by atoms with Gasteiger partial charge in [0.2, 0.25) is 0 Å². The van der Waals surface area contributed by atoms with Crippen molar-refractivity contribution in [2.75, 3.05) is 19.0 Å². The van der Waals surface area contributed by atoms with Gasteiger partial charge < -0.3 is 15.2 Å². The molecule has 1 aromatic rings. The van der Waals surface area contributed by atoms with Crippen molar-refractivity contribution in [1.29, 1.82) is 0 Å². The Hall–Kier alpha value is -1.22. The third kappa shape index (κ3) is 4.11. The zero-order valence-corrected chi connectivity index (χ0v) is 10.5. The summed E-state index contributed by atoms with van der Waals surface area (Å²) in [7, 11) is 1.66. The number of aliphatic hydroxyl groups is 1. The number of benzene rings is 1. The molecule has 0 heterocycles. The predicted molar refractivity (Wildman–Crippen MR) is 67.1 cm³/mol. The molecule has 0 fully saturated rings. The van der Waals surface area contributed by atoms with E-state index in [0.29, 0.717) is 0 Å². The van der Waals surface area contributed by atoms with Crippen molar-refractivity contribution in [1.82, 2.24) is 0 Å². The Bertz CT molecular complexity index is 342. The van der Waals surface area contributed by atoms with Gasteiger partial charge in [-0.25, -0.2) is 0 Å². The molecule has 1 aromatic carbocycles. The summed E-state index contributed by atoms with van der Waals surface area (Å²) in [6.07, 6.45) is 0.721. The average Bonchev–Trinajstić information content (AvgIpc) is 2.18. The fourth-order valence-corrected chi connectivity index (χ4v) is 1.46. The monoisotopic (exact) mass is 223 g/mol. The Labute approximate surface area is 97.4 Å². The average molecular weight is 223 g/mol. The molecular formula is C13H21NO2. The maximum atomic E-state index is 9.59. The third-order valence-corrected chi connectivity index (χ3v) is 2.49.